The third-order valence-electron chi connectivity index (χ3n) is 1.90. The number of hydrogen-bond acceptors (Lipinski definition) is 4. The first-order valence-corrected chi connectivity index (χ1v) is 5.70. The SMILES string of the molecule is NS(=O)(=O)c1cn[nH]c1-c1cncc(F)c1. The topological polar surface area (TPSA) is 102 Å². The van der Waals surface area contributed by atoms with Crippen LogP contribution in [0.25, 0.3) is 11.3 Å². The average molecular weight is 242 g/mol. The number of nitrogens with one attached hydrogen (secondary N) is 1. The minimum Gasteiger partial charge on any atom is -0.276 e. The van der Waals surface area contributed by atoms with Crippen molar-refractivity contribution in [2.75, 3.05) is 0 Å². The quantitative estimate of drug-likeness (QED) is 0.788. The van der Waals surface area contributed by atoms with E-state index < -0.39 is 15.8 Å². The van der Waals surface area contributed by atoms with E-state index in [0.717, 1.165) is 18.5 Å². The van der Waals surface area contributed by atoms with Crippen molar-refractivity contribution in [3.63, 3.8) is 0 Å². The summed E-state index contributed by atoms with van der Waals surface area (Å²) in [5, 5.41) is 11.0. The molecule has 0 aliphatic heterocycles. The lowest BCUT2D eigenvalue weighted by Gasteiger charge is -2.00. The Hall–Kier alpha value is -1.80. The van der Waals surface area contributed by atoms with Gasteiger partial charge >= 0.3 is 0 Å². The first kappa shape index (κ1) is 10.7. The van der Waals surface area contributed by atoms with E-state index in [9.17, 15) is 12.8 Å². The number of aromatic nitrogens is 3. The highest BCUT2D eigenvalue weighted by molar-refractivity contribution is 7.89. The van der Waals surface area contributed by atoms with Gasteiger partial charge in [0.2, 0.25) is 10.0 Å². The van der Waals surface area contributed by atoms with Gasteiger partial charge in [0.25, 0.3) is 0 Å². The van der Waals surface area contributed by atoms with Crippen molar-refractivity contribution in [1.82, 2.24) is 15.2 Å². The van der Waals surface area contributed by atoms with Crippen molar-refractivity contribution < 1.29 is 12.8 Å². The van der Waals surface area contributed by atoms with Gasteiger partial charge in [0, 0.05) is 11.8 Å². The highest BCUT2D eigenvalue weighted by Gasteiger charge is 2.17. The predicted molar refractivity (Wildman–Crippen MR) is 53.1 cm³/mol. The van der Waals surface area contributed by atoms with Gasteiger partial charge in [0.15, 0.2) is 0 Å². The van der Waals surface area contributed by atoms with E-state index in [2.05, 4.69) is 15.2 Å². The van der Waals surface area contributed by atoms with Crippen LogP contribution in [0.3, 0.4) is 0 Å². The molecule has 2 aromatic heterocycles. The summed E-state index contributed by atoms with van der Waals surface area (Å²) in [6.45, 7) is 0. The number of primary sulfonamides is 1. The molecular weight excluding hydrogens is 235 g/mol. The third-order valence-corrected chi connectivity index (χ3v) is 2.83. The highest BCUT2D eigenvalue weighted by atomic mass is 32.2. The van der Waals surface area contributed by atoms with Crippen LogP contribution < -0.4 is 5.14 Å². The smallest absolute Gasteiger partial charge is 0.241 e. The molecule has 0 unspecified atom stereocenters. The fraction of sp³-hybridized carbons (Fsp3) is 0. The second-order valence-corrected chi connectivity index (χ2v) is 4.58. The van der Waals surface area contributed by atoms with Crippen LogP contribution in [0, 0.1) is 5.82 Å². The molecule has 8 heteroatoms. The number of nitrogens with zero attached hydrogens (tertiary/aromatic N) is 2. The Morgan fingerprint density at radius 3 is 2.69 bits per heavy atom. The molecule has 0 saturated heterocycles. The summed E-state index contributed by atoms with van der Waals surface area (Å²) in [7, 11) is -3.90. The van der Waals surface area contributed by atoms with Crippen LogP contribution in [0.15, 0.2) is 29.6 Å². The van der Waals surface area contributed by atoms with Crippen LogP contribution >= 0.6 is 0 Å². The molecular formula is C8H7FN4O2S. The summed E-state index contributed by atoms with van der Waals surface area (Å²) in [4.78, 5) is 3.41. The zero-order valence-electron chi connectivity index (χ0n) is 7.88. The summed E-state index contributed by atoms with van der Waals surface area (Å²) in [5.74, 6) is -0.576. The largest absolute Gasteiger partial charge is 0.276 e. The van der Waals surface area contributed by atoms with Crippen molar-refractivity contribution in [1.29, 1.82) is 0 Å². The van der Waals surface area contributed by atoms with Crippen LogP contribution in [0.5, 0.6) is 0 Å². The van der Waals surface area contributed by atoms with E-state index in [1.54, 1.807) is 0 Å². The van der Waals surface area contributed by atoms with Crippen LogP contribution in [-0.2, 0) is 10.0 Å². The van der Waals surface area contributed by atoms with E-state index in [4.69, 9.17) is 5.14 Å². The van der Waals surface area contributed by atoms with Crippen LogP contribution in [0.1, 0.15) is 0 Å². The molecule has 0 spiro atoms. The van der Waals surface area contributed by atoms with Gasteiger partial charge in [0.05, 0.1) is 18.1 Å². The Kier molecular flexibility index (Phi) is 2.44. The number of halogens is 1. The minimum atomic E-state index is -3.90. The van der Waals surface area contributed by atoms with Crippen molar-refractivity contribution in [2.45, 2.75) is 4.90 Å². The molecule has 2 heterocycles. The summed E-state index contributed by atoms with van der Waals surface area (Å²) >= 11 is 0. The summed E-state index contributed by atoms with van der Waals surface area (Å²) < 4.78 is 35.3. The molecule has 0 amide bonds. The number of nitrogens with two attached hydrogens (primary N) is 1. The fourth-order valence-corrected chi connectivity index (χ4v) is 1.89. The molecule has 2 aromatic rings. The molecule has 16 heavy (non-hydrogen) atoms. The first-order chi connectivity index (χ1) is 7.48. The molecule has 2 rings (SSSR count). The second kappa shape index (κ2) is 3.65. The van der Waals surface area contributed by atoms with Crippen LogP contribution in [0.2, 0.25) is 0 Å². The van der Waals surface area contributed by atoms with Crippen LogP contribution in [-0.4, -0.2) is 23.6 Å². The Morgan fingerprint density at radius 1 is 1.31 bits per heavy atom. The van der Waals surface area contributed by atoms with Crippen molar-refractivity contribution in [3.05, 3.63) is 30.5 Å². The second-order valence-electron chi connectivity index (χ2n) is 3.05. The van der Waals surface area contributed by atoms with E-state index in [1.165, 1.54) is 6.20 Å². The maximum absolute atomic E-state index is 12.9. The lowest BCUT2D eigenvalue weighted by atomic mass is 10.2. The Balaban J connectivity index is 2.62. The van der Waals surface area contributed by atoms with Gasteiger partial charge in [0.1, 0.15) is 10.7 Å². The van der Waals surface area contributed by atoms with Gasteiger partial charge in [-0.3, -0.25) is 10.1 Å². The third kappa shape index (κ3) is 1.92. The van der Waals surface area contributed by atoms with Gasteiger partial charge in [-0.1, -0.05) is 0 Å². The molecule has 0 aliphatic carbocycles. The zero-order chi connectivity index (χ0) is 11.8. The minimum absolute atomic E-state index is 0.120. The van der Waals surface area contributed by atoms with E-state index in [1.807, 2.05) is 0 Å². The molecule has 0 aromatic carbocycles. The van der Waals surface area contributed by atoms with Crippen LogP contribution in [0.4, 0.5) is 4.39 Å². The predicted octanol–water partition coefficient (Wildman–Crippen LogP) is 0.258. The molecule has 0 radical (unpaired) electrons. The van der Waals surface area contributed by atoms with Crippen molar-refractivity contribution >= 4 is 10.0 Å². The highest BCUT2D eigenvalue weighted by Crippen LogP contribution is 2.23. The van der Waals surface area contributed by atoms with Crippen molar-refractivity contribution in [2.24, 2.45) is 5.14 Å². The maximum Gasteiger partial charge on any atom is 0.241 e. The number of rotatable bonds is 2. The number of pyridine rings is 1. The molecule has 0 saturated carbocycles. The van der Waals surface area contributed by atoms with Gasteiger partial charge in [-0.05, 0) is 6.07 Å². The zero-order valence-corrected chi connectivity index (χ0v) is 8.70. The number of hydrogen-bond donors (Lipinski definition) is 2. The Labute approximate surface area is 90.4 Å². The molecule has 0 atom stereocenters. The molecule has 0 bridgehead atoms. The lowest BCUT2D eigenvalue weighted by Crippen LogP contribution is -2.12. The lowest BCUT2D eigenvalue weighted by molar-refractivity contribution is 0.598. The Morgan fingerprint density at radius 2 is 2.06 bits per heavy atom. The van der Waals surface area contributed by atoms with Gasteiger partial charge < -0.3 is 0 Å². The summed E-state index contributed by atoms with van der Waals surface area (Å²) in [6.07, 6.45) is 3.39. The number of sulfonamides is 1. The van der Waals surface area contributed by atoms with Crippen molar-refractivity contribution in [3.8, 4) is 11.3 Å². The van der Waals surface area contributed by atoms with E-state index >= 15 is 0 Å². The first-order valence-electron chi connectivity index (χ1n) is 4.15. The van der Waals surface area contributed by atoms with Gasteiger partial charge in [-0.15, -0.1) is 0 Å². The van der Waals surface area contributed by atoms with Gasteiger partial charge in [-0.25, -0.2) is 17.9 Å². The molecule has 6 nitrogen and oxygen atoms in total. The Bertz CT molecular complexity index is 622. The maximum atomic E-state index is 12.9. The summed E-state index contributed by atoms with van der Waals surface area (Å²) in [6, 6.07) is 1.13. The molecule has 0 aliphatic rings. The molecule has 0 fully saturated rings. The monoisotopic (exact) mass is 242 g/mol. The number of H-pyrrole nitrogens is 1. The van der Waals surface area contributed by atoms with E-state index in [0.29, 0.717) is 0 Å². The van der Waals surface area contributed by atoms with Gasteiger partial charge in [-0.2, -0.15) is 5.10 Å². The van der Waals surface area contributed by atoms with E-state index in [-0.39, 0.29) is 16.2 Å². The normalized spacial score (nSPS) is 11.6. The summed E-state index contributed by atoms with van der Waals surface area (Å²) in [5.41, 5.74) is 0.385. The standard InChI is InChI=1S/C8H7FN4O2S/c9-6-1-5(2-11-3-6)8-7(4-12-13-8)16(10,14)15/h1-4H,(H,12,13)(H2,10,14,15). The molecule has 84 valence electrons. The number of aromatic amines is 1. The fourth-order valence-electron chi connectivity index (χ4n) is 1.25. The average Bonchev–Trinajstić information content (AvgIpc) is 2.65. The molecule has 3 N–H and O–H groups in total.